The van der Waals surface area contributed by atoms with Gasteiger partial charge in [-0.3, -0.25) is 4.79 Å². The van der Waals surface area contributed by atoms with Gasteiger partial charge < -0.3 is 4.74 Å². The summed E-state index contributed by atoms with van der Waals surface area (Å²) in [6.45, 7) is 2.52. The number of ketones is 1. The molecular formula is C25H18BrClN2O2. The van der Waals surface area contributed by atoms with Gasteiger partial charge in [-0.1, -0.05) is 41.9 Å². The number of halogens is 2. The van der Waals surface area contributed by atoms with Gasteiger partial charge in [0.05, 0.1) is 12.1 Å². The number of hydrogen-bond donors (Lipinski definition) is 0. The van der Waals surface area contributed by atoms with E-state index in [0.29, 0.717) is 22.9 Å². The van der Waals surface area contributed by atoms with Crippen LogP contribution in [0.15, 0.2) is 77.5 Å². The predicted octanol–water partition coefficient (Wildman–Crippen LogP) is 7.01. The van der Waals surface area contributed by atoms with Crippen molar-refractivity contribution in [2.24, 2.45) is 0 Å². The molecule has 0 saturated heterocycles. The van der Waals surface area contributed by atoms with Crippen LogP contribution in [0.2, 0.25) is 5.15 Å². The molecule has 0 spiro atoms. The highest BCUT2D eigenvalue weighted by Crippen LogP contribution is 2.26. The zero-order valence-electron chi connectivity index (χ0n) is 16.7. The first-order chi connectivity index (χ1) is 15.0. The number of aromatic nitrogens is 2. The Hall–Kier alpha value is -3.02. The van der Waals surface area contributed by atoms with Gasteiger partial charge >= 0.3 is 0 Å². The van der Waals surface area contributed by atoms with Crippen LogP contribution in [0.5, 0.6) is 5.75 Å². The lowest BCUT2D eigenvalue weighted by Gasteiger charge is -2.06. The van der Waals surface area contributed by atoms with Crippen LogP contribution in [0.4, 0.5) is 0 Å². The van der Waals surface area contributed by atoms with Gasteiger partial charge in [-0.2, -0.15) is 0 Å². The molecule has 2 aromatic carbocycles. The minimum atomic E-state index is -0.108. The number of hydrogen-bond acceptors (Lipinski definition) is 4. The summed E-state index contributed by atoms with van der Waals surface area (Å²) in [4.78, 5) is 21.3. The summed E-state index contributed by atoms with van der Waals surface area (Å²) in [5.41, 5.74) is 4.01. The van der Waals surface area contributed by atoms with Gasteiger partial charge in [0.1, 0.15) is 15.5 Å². The van der Waals surface area contributed by atoms with Crippen molar-refractivity contribution in [1.29, 1.82) is 0 Å². The molecule has 0 radical (unpaired) electrons. The molecule has 0 bridgehead atoms. The summed E-state index contributed by atoms with van der Waals surface area (Å²) in [5.74, 6) is 0.641. The molecule has 2 heterocycles. The van der Waals surface area contributed by atoms with Crippen LogP contribution in [0.3, 0.4) is 0 Å². The monoisotopic (exact) mass is 492 g/mol. The molecule has 0 amide bonds. The molecule has 0 unspecified atom stereocenters. The van der Waals surface area contributed by atoms with E-state index in [-0.39, 0.29) is 5.78 Å². The fraction of sp³-hybridized carbons (Fsp3) is 0.0800. The van der Waals surface area contributed by atoms with Gasteiger partial charge in [-0.05, 0) is 64.8 Å². The Morgan fingerprint density at radius 2 is 1.84 bits per heavy atom. The van der Waals surface area contributed by atoms with Crippen molar-refractivity contribution in [3.63, 3.8) is 0 Å². The maximum absolute atomic E-state index is 12.6. The average molecular weight is 494 g/mol. The zero-order chi connectivity index (χ0) is 21.8. The fourth-order valence-corrected chi connectivity index (χ4v) is 3.59. The third kappa shape index (κ3) is 5.01. The maximum atomic E-state index is 12.6. The predicted molar refractivity (Wildman–Crippen MR) is 129 cm³/mol. The van der Waals surface area contributed by atoms with Crippen LogP contribution in [0, 0.1) is 0 Å². The highest BCUT2D eigenvalue weighted by Gasteiger charge is 2.07. The summed E-state index contributed by atoms with van der Waals surface area (Å²) < 4.78 is 6.29. The maximum Gasteiger partial charge on any atom is 0.185 e. The van der Waals surface area contributed by atoms with Crippen LogP contribution in [0.25, 0.3) is 28.1 Å². The van der Waals surface area contributed by atoms with Gasteiger partial charge in [0.15, 0.2) is 5.78 Å². The highest BCUT2D eigenvalue weighted by molar-refractivity contribution is 9.10. The molecule has 0 saturated carbocycles. The van der Waals surface area contributed by atoms with E-state index in [9.17, 15) is 4.79 Å². The molecule has 0 N–H and O–H groups in total. The lowest BCUT2D eigenvalue weighted by atomic mass is 10.0. The number of rotatable bonds is 6. The molecule has 0 aliphatic heterocycles. The first kappa shape index (κ1) is 21.2. The lowest BCUT2D eigenvalue weighted by Crippen LogP contribution is -1.95. The number of carbonyl (C=O) groups is 1. The number of benzene rings is 2. The number of allylic oxidation sites excluding steroid dienone is 1. The second-order valence-corrected chi connectivity index (χ2v) is 7.97. The normalized spacial score (nSPS) is 11.2. The molecule has 6 heteroatoms. The summed E-state index contributed by atoms with van der Waals surface area (Å²) in [5, 5.41) is 1.26. The van der Waals surface area contributed by atoms with Gasteiger partial charge in [0, 0.05) is 34.3 Å². The Balaban J connectivity index is 1.53. The Kier molecular flexibility index (Phi) is 6.44. The molecule has 0 fully saturated rings. The van der Waals surface area contributed by atoms with Crippen molar-refractivity contribution >= 4 is 50.3 Å². The van der Waals surface area contributed by atoms with E-state index in [0.717, 1.165) is 32.4 Å². The smallest absolute Gasteiger partial charge is 0.185 e. The first-order valence-electron chi connectivity index (χ1n) is 9.71. The third-order valence-corrected chi connectivity index (χ3v) is 5.50. The van der Waals surface area contributed by atoms with E-state index >= 15 is 0 Å². The van der Waals surface area contributed by atoms with Crippen molar-refractivity contribution < 1.29 is 9.53 Å². The minimum absolute atomic E-state index is 0.108. The van der Waals surface area contributed by atoms with E-state index in [2.05, 4.69) is 25.9 Å². The van der Waals surface area contributed by atoms with Crippen molar-refractivity contribution in [2.75, 3.05) is 6.61 Å². The highest BCUT2D eigenvalue weighted by atomic mass is 79.9. The largest absolute Gasteiger partial charge is 0.494 e. The van der Waals surface area contributed by atoms with Crippen LogP contribution in [-0.4, -0.2) is 22.4 Å². The second-order valence-electron chi connectivity index (χ2n) is 6.80. The Bertz CT molecular complexity index is 1270. The van der Waals surface area contributed by atoms with E-state index in [4.69, 9.17) is 16.3 Å². The first-order valence-corrected chi connectivity index (χ1v) is 10.9. The number of carbonyl (C=O) groups excluding carboxylic acids is 1. The van der Waals surface area contributed by atoms with Gasteiger partial charge in [-0.15, -0.1) is 0 Å². The molecule has 4 aromatic rings. The van der Waals surface area contributed by atoms with Gasteiger partial charge in [0.25, 0.3) is 0 Å². The summed E-state index contributed by atoms with van der Waals surface area (Å²) in [6, 6.07) is 18.9. The standard InChI is InChI=1S/C25H18BrClN2O2/c1-2-31-21-10-7-18-13-19(25(27)29-22(18)14-21)8-11-23(30)17-5-3-16(4-6-17)20-9-12-24(26)28-15-20/h3-15H,2H2,1H3/b11-8+. The lowest BCUT2D eigenvalue weighted by molar-refractivity contribution is 0.104. The van der Waals surface area contributed by atoms with Gasteiger partial charge in [-0.25, -0.2) is 9.97 Å². The van der Waals surface area contributed by atoms with Crippen LogP contribution >= 0.6 is 27.5 Å². The average Bonchev–Trinajstić information content (AvgIpc) is 2.78. The van der Waals surface area contributed by atoms with Crippen molar-refractivity contribution in [2.45, 2.75) is 6.92 Å². The number of nitrogens with zero attached hydrogens (tertiary/aromatic N) is 2. The Labute approximate surface area is 193 Å². The van der Waals surface area contributed by atoms with Crippen molar-refractivity contribution in [3.8, 4) is 16.9 Å². The molecule has 0 aliphatic carbocycles. The topological polar surface area (TPSA) is 52.1 Å². The summed E-state index contributed by atoms with van der Waals surface area (Å²) in [6.07, 6.45) is 4.99. The summed E-state index contributed by atoms with van der Waals surface area (Å²) in [7, 11) is 0. The van der Waals surface area contributed by atoms with Crippen LogP contribution < -0.4 is 4.74 Å². The van der Waals surface area contributed by atoms with Gasteiger partial charge in [0.2, 0.25) is 0 Å². The van der Waals surface area contributed by atoms with E-state index in [1.807, 2.05) is 55.5 Å². The quantitative estimate of drug-likeness (QED) is 0.165. The number of pyridine rings is 2. The minimum Gasteiger partial charge on any atom is -0.494 e. The fourth-order valence-electron chi connectivity index (χ4n) is 3.15. The van der Waals surface area contributed by atoms with Crippen molar-refractivity contribution in [3.05, 3.63) is 93.8 Å². The molecular weight excluding hydrogens is 476 g/mol. The molecule has 154 valence electrons. The number of fused-ring (bicyclic) bond motifs is 1. The third-order valence-electron chi connectivity index (χ3n) is 4.73. The summed E-state index contributed by atoms with van der Waals surface area (Å²) >= 11 is 9.67. The zero-order valence-corrected chi connectivity index (χ0v) is 19.0. The Morgan fingerprint density at radius 3 is 2.55 bits per heavy atom. The molecule has 4 rings (SSSR count). The molecule has 0 atom stereocenters. The SMILES string of the molecule is CCOc1ccc2cc(/C=C/C(=O)c3ccc(-c4ccc(Br)nc4)cc3)c(Cl)nc2c1. The van der Waals surface area contributed by atoms with E-state index in [1.54, 1.807) is 24.4 Å². The molecule has 0 aliphatic rings. The van der Waals surface area contributed by atoms with E-state index in [1.165, 1.54) is 6.08 Å². The van der Waals surface area contributed by atoms with E-state index < -0.39 is 0 Å². The number of ether oxygens (including phenoxy) is 1. The van der Waals surface area contributed by atoms with Crippen LogP contribution in [0.1, 0.15) is 22.8 Å². The molecule has 4 nitrogen and oxygen atoms in total. The Morgan fingerprint density at radius 1 is 1.06 bits per heavy atom. The molecule has 31 heavy (non-hydrogen) atoms. The van der Waals surface area contributed by atoms with Crippen LogP contribution in [-0.2, 0) is 0 Å². The second kappa shape index (κ2) is 9.41. The van der Waals surface area contributed by atoms with Crippen molar-refractivity contribution in [1.82, 2.24) is 9.97 Å². The molecule has 2 aromatic heterocycles.